The van der Waals surface area contributed by atoms with Gasteiger partial charge in [-0.2, -0.15) is 0 Å². The van der Waals surface area contributed by atoms with E-state index in [1.165, 1.54) is 11.8 Å². The minimum atomic E-state index is -0.201. The van der Waals surface area contributed by atoms with Gasteiger partial charge in [-0.15, -0.1) is 0 Å². The Labute approximate surface area is 165 Å². The van der Waals surface area contributed by atoms with Crippen molar-refractivity contribution >= 4 is 40.5 Å². The van der Waals surface area contributed by atoms with Gasteiger partial charge in [0.1, 0.15) is 0 Å². The molecule has 148 valence electrons. The Balaban J connectivity index is 1.87. The van der Waals surface area contributed by atoms with Crippen molar-refractivity contribution in [1.82, 2.24) is 0 Å². The van der Waals surface area contributed by atoms with Crippen LogP contribution in [0.4, 0.5) is 22.7 Å². The van der Waals surface area contributed by atoms with Crippen LogP contribution < -0.4 is 20.9 Å². The van der Waals surface area contributed by atoms with Crippen molar-refractivity contribution in [3.05, 3.63) is 48.5 Å². The predicted octanol–water partition coefficient (Wildman–Crippen LogP) is 3.46. The average molecular weight is 382 g/mol. The largest absolute Gasteiger partial charge is 0.376 e. The highest BCUT2D eigenvalue weighted by Crippen LogP contribution is 2.18. The van der Waals surface area contributed by atoms with Crippen LogP contribution in [-0.2, 0) is 14.4 Å². The minimum absolute atomic E-state index is 0.0312. The SMILES string of the molecule is CCCC(=O)Nc1cccc(NCC(=O)Nc2ccc(N(C)C(C)=O)cc2)c1. The van der Waals surface area contributed by atoms with Crippen molar-refractivity contribution in [3.8, 4) is 0 Å². The van der Waals surface area contributed by atoms with E-state index < -0.39 is 0 Å². The molecule has 28 heavy (non-hydrogen) atoms. The third kappa shape index (κ3) is 6.42. The lowest BCUT2D eigenvalue weighted by Crippen LogP contribution is -2.23. The van der Waals surface area contributed by atoms with E-state index >= 15 is 0 Å². The lowest BCUT2D eigenvalue weighted by molar-refractivity contribution is -0.117. The average Bonchev–Trinajstić information content (AvgIpc) is 2.67. The second kappa shape index (κ2) is 10.1. The van der Waals surface area contributed by atoms with Gasteiger partial charge in [-0.05, 0) is 48.9 Å². The molecule has 7 nitrogen and oxygen atoms in total. The summed E-state index contributed by atoms with van der Waals surface area (Å²) in [4.78, 5) is 36.7. The first-order valence-corrected chi connectivity index (χ1v) is 9.17. The second-order valence-corrected chi connectivity index (χ2v) is 6.41. The van der Waals surface area contributed by atoms with E-state index in [1.54, 1.807) is 43.4 Å². The van der Waals surface area contributed by atoms with E-state index in [1.807, 2.05) is 19.1 Å². The number of hydrogen-bond acceptors (Lipinski definition) is 4. The Hall–Kier alpha value is -3.35. The number of anilines is 4. The van der Waals surface area contributed by atoms with Gasteiger partial charge in [0.25, 0.3) is 0 Å². The fourth-order valence-corrected chi connectivity index (χ4v) is 2.50. The normalized spacial score (nSPS) is 10.1. The molecule has 0 saturated heterocycles. The van der Waals surface area contributed by atoms with Gasteiger partial charge < -0.3 is 20.9 Å². The molecule has 3 N–H and O–H groups in total. The van der Waals surface area contributed by atoms with E-state index in [2.05, 4.69) is 16.0 Å². The molecule has 0 aliphatic rings. The van der Waals surface area contributed by atoms with Crippen LogP contribution in [-0.4, -0.2) is 31.3 Å². The summed E-state index contributed by atoms with van der Waals surface area (Å²) in [5.74, 6) is -0.293. The lowest BCUT2D eigenvalue weighted by atomic mass is 10.2. The maximum atomic E-state index is 12.2. The molecular weight excluding hydrogens is 356 g/mol. The molecule has 0 spiro atoms. The molecule has 0 unspecified atom stereocenters. The predicted molar refractivity (Wildman–Crippen MR) is 113 cm³/mol. The molecule has 0 bridgehead atoms. The van der Waals surface area contributed by atoms with Crippen molar-refractivity contribution in [2.24, 2.45) is 0 Å². The Morgan fingerprint density at radius 3 is 2.18 bits per heavy atom. The zero-order valence-electron chi connectivity index (χ0n) is 16.4. The third-order valence-corrected chi connectivity index (χ3v) is 4.09. The fourth-order valence-electron chi connectivity index (χ4n) is 2.50. The molecule has 2 aromatic rings. The van der Waals surface area contributed by atoms with E-state index in [-0.39, 0.29) is 24.3 Å². The number of nitrogens with one attached hydrogen (secondary N) is 3. The number of carbonyl (C=O) groups is 3. The zero-order chi connectivity index (χ0) is 20.5. The molecule has 0 fully saturated rings. The molecule has 0 radical (unpaired) electrons. The van der Waals surface area contributed by atoms with Gasteiger partial charge in [-0.1, -0.05) is 13.0 Å². The van der Waals surface area contributed by atoms with Crippen LogP contribution in [0, 0.1) is 0 Å². The quantitative estimate of drug-likeness (QED) is 0.652. The summed E-state index contributed by atoms with van der Waals surface area (Å²) < 4.78 is 0. The van der Waals surface area contributed by atoms with Crippen LogP contribution in [0.3, 0.4) is 0 Å². The molecule has 0 aliphatic heterocycles. The molecular formula is C21H26N4O3. The second-order valence-electron chi connectivity index (χ2n) is 6.41. The topological polar surface area (TPSA) is 90.5 Å². The summed E-state index contributed by atoms with van der Waals surface area (Å²) in [6, 6.07) is 14.3. The third-order valence-electron chi connectivity index (χ3n) is 4.09. The van der Waals surface area contributed by atoms with Gasteiger partial charge in [0.15, 0.2) is 0 Å². The number of carbonyl (C=O) groups excluding carboxylic acids is 3. The number of rotatable bonds is 8. The van der Waals surface area contributed by atoms with Crippen molar-refractivity contribution in [1.29, 1.82) is 0 Å². The van der Waals surface area contributed by atoms with E-state index in [9.17, 15) is 14.4 Å². The number of benzene rings is 2. The van der Waals surface area contributed by atoms with Gasteiger partial charge in [0.2, 0.25) is 17.7 Å². The Kier molecular flexibility index (Phi) is 7.56. The first-order valence-electron chi connectivity index (χ1n) is 9.17. The van der Waals surface area contributed by atoms with Crippen LogP contribution >= 0.6 is 0 Å². The first kappa shape index (κ1) is 21.0. The van der Waals surface area contributed by atoms with E-state index in [0.29, 0.717) is 17.8 Å². The highest BCUT2D eigenvalue weighted by Gasteiger charge is 2.07. The Bertz CT molecular complexity index is 834. The Morgan fingerprint density at radius 2 is 1.54 bits per heavy atom. The van der Waals surface area contributed by atoms with E-state index in [4.69, 9.17) is 0 Å². The molecule has 2 rings (SSSR count). The van der Waals surface area contributed by atoms with Gasteiger partial charge >= 0.3 is 0 Å². The summed E-state index contributed by atoms with van der Waals surface area (Å²) in [5, 5.41) is 8.66. The fraction of sp³-hybridized carbons (Fsp3) is 0.286. The van der Waals surface area contributed by atoms with Crippen LogP contribution in [0.5, 0.6) is 0 Å². The van der Waals surface area contributed by atoms with Gasteiger partial charge in [-0.25, -0.2) is 0 Å². The summed E-state index contributed by atoms with van der Waals surface area (Å²) in [6.07, 6.45) is 1.26. The highest BCUT2D eigenvalue weighted by atomic mass is 16.2. The maximum Gasteiger partial charge on any atom is 0.243 e. The first-order chi connectivity index (χ1) is 13.4. The van der Waals surface area contributed by atoms with Gasteiger partial charge in [0, 0.05) is 43.1 Å². The van der Waals surface area contributed by atoms with Gasteiger partial charge in [0.05, 0.1) is 6.54 Å². The van der Waals surface area contributed by atoms with Crippen molar-refractivity contribution in [3.63, 3.8) is 0 Å². The van der Waals surface area contributed by atoms with Crippen LogP contribution in [0.2, 0.25) is 0 Å². The van der Waals surface area contributed by atoms with Gasteiger partial charge in [-0.3, -0.25) is 14.4 Å². The highest BCUT2D eigenvalue weighted by molar-refractivity contribution is 5.95. The number of nitrogens with zero attached hydrogens (tertiary/aromatic N) is 1. The minimum Gasteiger partial charge on any atom is -0.376 e. The summed E-state index contributed by atoms with van der Waals surface area (Å²) in [6.45, 7) is 3.53. The molecule has 0 atom stereocenters. The van der Waals surface area contributed by atoms with Crippen molar-refractivity contribution in [2.45, 2.75) is 26.7 Å². The summed E-state index contributed by atoms with van der Waals surface area (Å²) in [5.41, 5.74) is 2.83. The molecule has 3 amide bonds. The molecule has 0 aromatic heterocycles. The van der Waals surface area contributed by atoms with E-state index in [0.717, 1.165) is 17.8 Å². The molecule has 2 aromatic carbocycles. The maximum absolute atomic E-state index is 12.2. The molecule has 0 saturated carbocycles. The Morgan fingerprint density at radius 1 is 0.893 bits per heavy atom. The molecule has 0 heterocycles. The van der Waals surface area contributed by atoms with Crippen LogP contribution in [0.25, 0.3) is 0 Å². The van der Waals surface area contributed by atoms with Crippen molar-refractivity contribution in [2.75, 3.05) is 34.4 Å². The number of hydrogen-bond donors (Lipinski definition) is 3. The van der Waals surface area contributed by atoms with Crippen LogP contribution in [0.1, 0.15) is 26.7 Å². The van der Waals surface area contributed by atoms with Crippen molar-refractivity contribution < 1.29 is 14.4 Å². The monoisotopic (exact) mass is 382 g/mol. The number of amides is 3. The smallest absolute Gasteiger partial charge is 0.243 e. The molecule has 7 heteroatoms. The standard InChI is InChI=1S/C21H26N4O3/c1-4-6-20(27)24-18-8-5-7-17(13-18)22-14-21(28)23-16-9-11-19(12-10-16)25(3)15(2)26/h5,7-13,22H,4,6,14H2,1-3H3,(H,23,28)(H,24,27). The van der Waals surface area contributed by atoms with Crippen LogP contribution in [0.15, 0.2) is 48.5 Å². The lowest BCUT2D eigenvalue weighted by Gasteiger charge is -2.15. The zero-order valence-corrected chi connectivity index (χ0v) is 16.4. The molecule has 0 aliphatic carbocycles. The summed E-state index contributed by atoms with van der Waals surface area (Å²) >= 11 is 0. The summed E-state index contributed by atoms with van der Waals surface area (Å²) in [7, 11) is 1.69.